The van der Waals surface area contributed by atoms with Gasteiger partial charge < -0.3 is 14.7 Å². The summed E-state index contributed by atoms with van der Waals surface area (Å²) >= 11 is 0. The Kier molecular flexibility index (Phi) is 5.03. The molecule has 1 N–H and O–H groups in total. The van der Waals surface area contributed by atoms with Crippen molar-refractivity contribution < 1.29 is 14.6 Å². The quantitative estimate of drug-likeness (QED) is 0.781. The van der Waals surface area contributed by atoms with Crippen molar-refractivity contribution in [2.24, 2.45) is 0 Å². The van der Waals surface area contributed by atoms with Crippen molar-refractivity contribution in [1.82, 2.24) is 9.97 Å². The molecule has 0 aromatic carbocycles. The summed E-state index contributed by atoms with van der Waals surface area (Å²) in [6.07, 6.45) is 0.984. The number of hydrogen-bond donors (Lipinski definition) is 1. The Labute approximate surface area is 107 Å². The van der Waals surface area contributed by atoms with E-state index in [0.29, 0.717) is 30.4 Å². The van der Waals surface area contributed by atoms with Gasteiger partial charge in [-0.25, -0.2) is 14.8 Å². The van der Waals surface area contributed by atoms with Gasteiger partial charge >= 0.3 is 5.97 Å². The zero-order valence-corrected chi connectivity index (χ0v) is 11.2. The number of rotatable bonds is 5. The van der Waals surface area contributed by atoms with E-state index >= 15 is 0 Å². The van der Waals surface area contributed by atoms with Crippen molar-refractivity contribution >= 4 is 11.9 Å². The van der Waals surface area contributed by atoms with Crippen molar-refractivity contribution in [1.29, 1.82) is 0 Å². The molecule has 6 heteroatoms. The third-order valence-electron chi connectivity index (χ3n) is 2.34. The third kappa shape index (κ3) is 3.66. The summed E-state index contributed by atoms with van der Waals surface area (Å²) in [5.41, 5.74) is 0.932. The molecule has 0 radical (unpaired) electrons. The molecule has 1 atom stereocenters. The molecule has 0 saturated heterocycles. The Bertz CT molecular complexity index is 421. The van der Waals surface area contributed by atoms with Gasteiger partial charge in [0.25, 0.3) is 0 Å². The van der Waals surface area contributed by atoms with E-state index in [0.717, 1.165) is 0 Å². The molecule has 0 bridgehead atoms. The van der Waals surface area contributed by atoms with Gasteiger partial charge in [0.05, 0.1) is 24.0 Å². The fraction of sp³-hybridized carbons (Fsp3) is 0.583. The second kappa shape index (κ2) is 6.30. The van der Waals surface area contributed by atoms with Crippen LogP contribution in [0.25, 0.3) is 0 Å². The molecule has 6 nitrogen and oxygen atoms in total. The van der Waals surface area contributed by atoms with Gasteiger partial charge in [0.1, 0.15) is 0 Å². The van der Waals surface area contributed by atoms with E-state index in [-0.39, 0.29) is 0 Å². The van der Waals surface area contributed by atoms with Crippen LogP contribution in [0.4, 0.5) is 5.95 Å². The van der Waals surface area contributed by atoms with Gasteiger partial charge in [-0.3, -0.25) is 0 Å². The van der Waals surface area contributed by atoms with Crippen LogP contribution in [0.1, 0.15) is 29.9 Å². The lowest BCUT2D eigenvalue weighted by Gasteiger charge is -2.19. The van der Waals surface area contributed by atoms with Crippen molar-refractivity contribution in [3.8, 4) is 0 Å². The molecule has 1 aromatic heterocycles. The molecule has 0 fully saturated rings. The first-order valence-electron chi connectivity index (χ1n) is 5.85. The summed E-state index contributed by atoms with van der Waals surface area (Å²) in [6.45, 7) is 5.92. The lowest BCUT2D eigenvalue weighted by atomic mass is 10.2. The first kappa shape index (κ1) is 14.4. The Morgan fingerprint density at radius 1 is 1.61 bits per heavy atom. The largest absolute Gasteiger partial charge is 0.462 e. The molecule has 0 aliphatic rings. The maximum atomic E-state index is 11.6. The van der Waals surface area contributed by atoms with Crippen LogP contribution in [0.15, 0.2) is 6.20 Å². The van der Waals surface area contributed by atoms with E-state index in [1.165, 1.54) is 6.20 Å². The van der Waals surface area contributed by atoms with Gasteiger partial charge in [0.2, 0.25) is 5.95 Å². The molecule has 1 heterocycles. The number of aliphatic hydroxyl groups is 1. The van der Waals surface area contributed by atoms with E-state index in [2.05, 4.69) is 9.97 Å². The highest BCUT2D eigenvalue weighted by Gasteiger charge is 2.14. The molecule has 0 aliphatic heterocycles. The smallest absolute Gasteiger partial charge is 0.341 e. The first-order valence-corrected chi connectivity index (χ1v) is 5.85. The third-order valence-corrected chi connectivity index (χ3v) is 2.34. The summed E-state index contributed by atoms with van der Waals surface area (Å²) in [4.78, 5) is 21.6. The van der Waals surface area contributed by atoms with Gasteiger partial charge in [-0.05, 0) is 20.8 Å². The van der Waals surface area contributed by atoms with E-state index in [9.17, 15) is 9.90 Å². The van der Waals surface area contributed by atoms with Crippen LogP contribution in [0, 0.1) is 6.92 Å². The minimum Gasteiger partial charge on any atom is -0.462 e. The number of aliphatic hydroxyl groups excluding tert-OH is 1. The minimum atomic E-state index is -0.469. The standard InChI is InChI=1S/C12H19N3O3/c1-5-18-11(17)10-6-13-12(14-9(10)3)15(4)7-8(2)16/h6,8,16H,5,7H2,1-4H3. The van der Waals surface area contributed by atoms with Crippen LogP contribution in [-0.2, 0) is 4.74 Å². The van der Waals surface area contributed by atoms with Crippen molar-refractivity contribution in [3.05, 3.63) is 17.5 Å². The molecule has 0 aliphatic carbocycles. The van der Waals surface area contributed by atoms with Gasteiger partial charge in [-0.1, -0.05) is 0 Å². The highest BCUT2D eigenvalue weighted by Crippen LogP contribution is 2.11. The number of anilines is 1. The van der Waals surface area contributed by atoms with E-state index in [1.54, 1.807) is 32.7 Å². The molecule has 100 valence electrons. The molecular formula is C12H19N3O3. The van der Waals surface area contributed by atoms with Crippen LogP contribution in [0.3, 0.4) is 0 Å². The van der Waals surface area contributed by atoms with E-state index in [4.69, 9.17) is 4.74 Å². The van der Waals surface area contributed by atoms with Gasteiger partial charge in [0, 0.05) is 19.8 Å². The number of likely N-dealkylation sites (N-methyl/N-ethyl adjacent to an activating group) is 1. The van der Waals surface area contributed by atoms with Crippen LogP contribution in [-0.4, -0.2) is 47.3 Å². The average molecular weight is 253 g/mol. The van der Waals surface area contributed by atoms with Crippen LogP contribution < -0.4 is 4.90 Å². The molecular weight excluding hydrogens is 234 g/mol. The molecule has 1 rings (SSSR count). The summed E-state index contributed by atoms with van der Waals surface area (Å²) < 4.78 is 4.90. The topological polar surface area (TPSA) is 75.5 Å². The minimum absolute atomic E-state index is 0.321. The van der Waals surface area contributed by atoms with Crippen molar-refractivity contribution in [3.63, 3.8) is 0 Å². The summed E-state index contributed by atoms with van der Waals surface area (Å²) in [5, 5.41) is 9.29. The second-order valence-electron chi connectivity index (χ2n) is 4.12. The maximum absolute atomic E-state index is 11.6. The van der Waals surface area contributed by atoms with Gasteiger partial charge in [-0.15, -0.1) is 0 Å². The zero-order valence-electron chi connectivity index (χ0n) is 11.2. The number of carbonyl (C=O) groups excluding carboxylic acids is 1. The predicted octanol–water partition coefficient (Wildman–Crippen LogP) is 0.779. The zero-order chi connectivity index (χ0) is 13.7. The van der Waals surface area contributed by atoms with Gasteiger partial charge in [-0.2, -0.15) is 0 Å². The Balaban J connectivity index is 2.88. The highest BCUT2D eigenvalue weighted by molar-refractivity contribution is 5.90. The Morgan fingerprint density at radius 3 is 2.78 bits per heavy atom. The monoisotopic (exact) mass is 253 g/mol. The normalized spacial score (nSPS) is 12.1. The lowest BCUT2D eigenvalue weighted by Crippen LogP contribution is -2.28. The number of hydrogen-bond acceptors (Lipinski definition) is 6. The predicted molar refractivity (Wildman–Crippen MR) is 67.7 cm³/mol. The molecule has 1 unspecified atom stereocenters. The molecule has 0 saturated carbocycles. The molecule has 1 aromatic rings. The van der Waals surface area contributed by atoms with Crippen LogP contribution in [0.5, 0.6) is 0 Å². The van der Waals surface area contributed by atoms with Crippen LogP contribution in [0.2, 0.25) is 0 Å². The Morgan fingerprint density at radius 2 is 2.28 bits per heavy atom. The Hall–Kier alpha value is -1.69. The fourth-order valence-electron chi connectivity index (χ4n) is 1.53. The average Bonchev–Trinajstić information content (AvgIpc) is 2.28. The summed E-state index contributed by atoms with van der Waals surface area (Å²) in [6, 6.07) is 0. The molecule has 0 spiro atoms. The molecule has 0 amide bonds. The fourth-order valence-corrected chi connectivity index (χ4v) is 1.53. The van der Waals surface area contributed by atoms with E-state index < -0.39 is 12.1 Å². The van der Waals surface area contributed by atoms with Crippen molar-refractivity contribution in [2.45, 2.75) is 26.9 Å². The van der Waals surface area contributed by atoms with Crippen molar-refractivity contribution in [2.75, 3.05) is 25.1 Å². The number of aromatic nitrogens is 2. The van der Waals surface area contributed by atoms with Crippen LogP contribution >= 0.6 is 0 Å². The maximum Gasteiger partial charge on any atom is 0.341 e. The SMILES string of the molecule is CCOC(=O)c1cnc(N(C)CC(C)O)nc1C. The number of nitrogens with zero attached hydrogens (tertiary/aromatic N) is 3. The number of aryl methyl sites for hydroxylation is 1. The lowest BCUT2D eigenvalue weighted by molar-refractivity contribution is 0.0524. The molecule has 18 heavy (non-hydrogen) atoms. The highest BCUT2D eigenvalue weighted by atomic mass is 16.5. The summed E-state index contributed by atoms with van der Waals surface area (Å²) in [5.74, 6) is 0.0566. The number of ether oxygens (including phenoxy) is 1. The number of esters is 1. The summed E-state index contributed by atoms with van der Waals surface area (Å²) in [7, 11) is 1.78. The van der Waals surface area contributed by atoms with Gasteiger partial charge in [0.15, 0.2) is 0 Å². The first-order chi connectivity index (χ1) is 8.45. The number of carbonyl (C=O) groups is 1. The van der Waals surface area contributed by atoms with E-state index in [1.807, 2.05) is 0 Å². The second-order valence-corrected chi connectivity index (χ2v) is 4.12.